The van der Waals surface area contributed by atoms with Crippen LogP contribution in [0.2, 0.25) is 5.02 Å². The summed E-state index contributed by atoms with van der Waals surface area (Å²) in [6.07, 6.45) is -4.43. The van der Waals surface area contributed by atoms with Crippen molar-refractivity contribution in [2.75, 3.05) is 0 Å². The van der Waals surface area contributed by atoms with E-state index in [0.717, 1.165) is 9.64 Å². The van der Waals surface area contributed by atoms with E-state index >= 15 is 0 Å². The van der Waals surface area contributed by atoms with E-state index in [1.54, 1.807) is 24.3 Å². The summed E-state index contributed by atoms with van der Waals surface area (Å²) in [5.41, 5.74) is 5.84. The van der Waals surface area contributed by atoms with Crippen LogP contribution in [0.1, 0.15) is 22.7 Å². The quantitative estimate of drug-likeness (QED) is 0.691. The molecule has 0 heterocycles. The van der Waals surface area contributed by atoms with E-state index in [1.807, 2.05) is 22.6 Å². The van der Waals surface area contributed by atoms with Crippen molar-refractivity contribution in [3.05, 3.63) is 67.7 Å². The highest BCUT2D eigenvalue weighted by Gasteiger charge is 2.34. The Morgan fingerprint density at radius 3 is 2.35 bits per heavy atom. The zero-order valence-electron chi connectivity index (χ0n) is 10.1. The van der Waals surface area contributed by atoms with Crippen molar-refractivity contribution < 1.29 is 13.2 Å². The van der Waals surface area contributed by atoms with Crippen LogP contribution in [0.4, 0.5) is 13.2 Å². The summed E-state index contributed by atoms with van der Waals surface area (Å²) in [6.45, 7) is 0. The number of halogens is 5. The van der Waals surface area contributed by atoms with Gasteiger partial charge in [0, 0.05) is 3.57 Å². The van der Waals surface area contributed by atoms with Crippen molar-refractivity contribution in [3.8, 4) is 0 Å². The molecule has 0 radical (unpaired) electrons. The standard InChI is InChI=1S/C14H10ClF3IN/c15-11-7-8(5-6-12(11)19)13(20)9-3-1-2-4-10(9)14(16,17)18/h1-7,13H,20H2. The summed E-state index contributed by atoms with van der Waals surface area (Å²) in [6, 6.07) is 9.45. The Morgan fingerprint density at radius 2 is 1.75 bits per heavy atom. The monoisotopic (exact) mass is 411 g/mol. The highest BCUT2D eigenvalue weighted by atomic mass is 127. The predicted molar refractivity (Wildman–Crippen MR) is 81.6 cm³/mol. The number of rotatable bonds is 2. The van der Waals surface area contributed by atoms with Crippen molar-refractivity contribution in [2.45, 2.75) is 12.2 Å². The zero-order chi connectivity index (χ0) is 14.9. The largest absolute Gasteiger partial charge is 0.416 e. The molecule has 0 amide bonds. The van der Waals surface area contributed by atoms with E-state index in [-0.39, 0.29) is 5.56 Å². The average Bonchev–Trinajstić information content (AvgIpc) is 2.40. The SMILES string of the molecule is NC(c1ccc(I)c(Cl)c1)c1ccccc1C(F)(F)F. The molecule has 1 nitrogen and oxygen atoms in total. The van der Waals surface area contributed by atoms with Gasteiger partial charge in [0.25, 0.3) is 0 Å². The van der Waals surface area contributed by atoms with Gasteiger partial charge < -0.3 is 5.73 Å². The minimum atomic E-state index is -4.43. The van der Waals surface area contributed by atoms with Crippen LogP contribution in [-0.4, -0.2) is 0 Å². The van der Waals surface area contributed by atoms with E-state index in [1.165, 1.54) is 12.1 Å². The van der Waals surface area contributed by atoms with Crippen molar-refractivity contribution >= 4 is 34.2 Å². The number of benzene rings is 2. The predicted octanol–water partition coefficient (Wildman–Crippen LogP) is 5.01. The Morgan fingerprint density at radius 1 is 1.10 bits per heavy atom. The van der Waals surface area contributed by atoms with E-state index in [9.17, 15) is 13.2 Å². The van der Waals surface area contributed by atoms with Gasteiger partial charge in [-0.2, -0.15) is 13.2 Å². The zero-order valence-corrected chi connectivity index (χ0v) is 13.0. The molecule has 20 heavy (non-hydrogen) atoms. The third-order valence-electron chi connectivity index (χ3n) is 2.90. The smallest absolute Gasteiger partial charge is 0.320 e. The van der Waals surface area contributed by atoms with Crippen molar-refractivity contribution in [2.24, 2.45) is 5.73 Å². The number of alkyl halides is 3. The third kappa shape index (κ3) is 3.27. The first-order valence-electron chi connectivity index (χ1n) is 5.67. The van der Waals surface area contributed by atoms with E-state index < -0.39 is 17.8 Å². The minimum absolute atomic E-state index is 0.0391. The maximum atomic E-state index is 13.0. The molecule has 0 bridgehead atoms. The summed E-state index contributed by atoms with van der Waals surface area (Å²) in [4.78, 5) is 0. The first-order chi connectivity index (χ1) is 9.30. The third-order valence-corrected chi connectivity index (χ3v) is 4.48. The molecular weight excluding hydrogens is 402 g/mol. The summed E-state index contributed by atoms with van der Waals surface area (Å²) < 4.78 is 39.8. The average molecular weight is 412 g/mol. The number of hydrogen-bond donors (Lipinski definition) is 1. The lowest BCUT2D eigenvalue weighted by Crippen LogP contribution is -2.18. The van der Waals surface area contributed by atoms with Gasteiger partial charge in [-0.1, -0.05) is 35.9 Å². The normalized spacial score (nSPS) is 13.3. The molecule has 0 aliphatic heterocycles. The molecule has 0 saturated heterocycles. The number of hydrogen-bond acceptors (Lipinski definition) is 1. The molecule has 1 unspecified atom stereocenters. The van der Waals surface area contributed by atoms with Gasteiger partial charge in [-0.25, -0.2) is 0 Å². The lowest BCUT2D eigenvalue weighted by molar-refractivity contribution is -0.138. The van der Waals surface area contributed by atoms with Crippen molar-refractivity contribution in [1.29, 1.82) is 0 Å². The molecule has 2 rings (SSSR count). The molecule has 2 aromatic carbocycles. The highest BCUT2D eigenvalue weighted by molar-refractivity contribution is 14.1. The van der Waals surface area contributed by atoms with Gasteiger partial charge in [0.05, 0.1) is 16.6 Å². The van der Waals surface area contributed by atoms with Crippen LogP contribution in [0.25, 0.3) is 0 Å². The molecule has 0 aliphatic carbocycles. The molecule has 0 aromatic heterocycles. The lowest BCUT2D eigenvalue weighted by Gasteiger charge is -2.19. The molecule has 106 valence electrons. The summed E-state index contributed by atoms with van der Waals surface area (Å²) >= 11 is 8.04. The van der Waals surface area contributed by atoms with Gasteiger partial charge in [-0.3, -0.25) is 0 Å². The van der Waals surface area contributed by atoms with Crippen LogP contribution < -0.4 is 5.73 Å². The fourth-order valence-electron chi connectivity index (χ4n) is 1.91. The van der Waals surface area contributed by atoms with Crippen LogP contribution in [-0.2, 0) is 6.18 Å². The summed E-state index contributed by atoms with van der Waals surface area (Å²) in [5.74, 6) is 0. The second kappa shape index (κ2) is 5.91. The van der Waals surface area contributed by atoms with Crippen molar-refractivity contribution in [3.63, 3.8) is 0 Å². The fraction of sp³-hybridized carbons (Fsp3) is 0.143. The molecule has 0 spiro atoms. The maximum Gasteiger partial charge on any atom is 0.416 e. The molecule has 2 aromatic rings. The molecular formula is C14H10ClF3IN. The van der Waals surface area contributed by atoms with Gasteiger partial charge in [-0.05, 0) is 51.9 Å². The Labute approximate surface area is 133 Å². The molecule has 6 heteroatoms. The highest BCUT2D eigenvalue weighted by Crippen LogP contribution is 2.36. The van der Waals surface area contributed by atoms with Gasteiger partial charge in [0.15, 0.2) is 0 Å². The second-order valence-corrected chi connectivity index (χ2v) is 5.81. The van der Waals surface area contributed by atoms with Gasteiger partial charge >= 0.3 is 6.18 Å². The second-order valence-electron chi connectivity index (χ2n) is 4.24. The maximum absolute atomic E-state index is 13.0. The summed E-state index contributed by atoms with van der Waals surface area (Å²) in [5, 5.41) is 0.475. The van der Waals surface area contributed by atoms with E-state index in [4.69, 9.17) is 17.3 Å². The Kier molecular flexibility index (Phi) is 4.61. The van der Waals surface area contributed by atoms with Crippen LogP contribution in [0, 0.1) is 3.57 Å². The first-order valence-corrected chi connectivity index (χ1v) is 7.13. The summed E-state index contributed by atoms with van der Waals surface area (Å²) in [7, 11) is 0. The lowest BCUT2D eigenvalue weighted by atomic mass is 9.95. The van der Waals surface area contributed by atoms with Crippen LogP contribution >= 0.6 is 34.2 Å². The molecule has 0 aliphatic rings. The Hall–Kier alpha value is -0.790. The van der Waals surface area contributed by atoms with Gasteiger partial charge in [0.2, 0.25) is 0 Å². The molecule has 0 fully saturated rings. The Balaban J connectivity index is 2.48. The molecule has 0 saturated carbocycles. The minimum Gasteiger partial charge on any atom is -0.320 e. The molecule has 2 N–H and O–H groups in total. The molecule has 1 atom stereocenters. The fourth-order valence-corrected chi connectivity index (χ4v) is 2.44. The van der Waals surface area contributed by atoms with Crippen molar-refractivity contribution in [1.82, 2.24) is 0 Å². The van der Waals surface area contributed by atoms with E-state index in [2.05, 4.69) is 0 Å². The van der Waals surface area contributed by atoms with Crippen LogP contribution in [0.5, 0.6) is 0 Å². The first kappa shape index (κ1) is 15.6. The topological polar surface area (TPSA) is 26.0 Å². The van der Waals surface area contributed by atoms with Crippen LogP contribution in [0.3, 0.4) is 0 Å². The van der Waals surface area contributed by atoms with Crippen LogP contribution in [0.15, 0.2) is 42.5 Å². The van der Waals surface area contributed by atoms with Gasteiger partial charge in [0.1, 0.15) is 0 Å². The Bertz CT molecular complexity index is 628. The number of nitrogens with two attached hydrogens (primary N) is 1. The van der Waals surface area contributed by atoms with Gasteiger partial charge in [-0.15, -0.1) is 0 Å². The van der Waals surface area contributed by atoms with E-state index in [0.29, 0.717) is 10.6 Å².